The van der Waals surface area contributed by atoms with Crippen LogP contribution in [-0.4, -0.2) is 111 Å². The van der Waals surface area contributed by atoms with Gasteiger partial charge in [-0.15, -0.1) is 22.7 Å². The van der Waals surface area contributed by atoms with E-state index in [-0.39, 0.29) is 40.3 Å². The Bertz CT molecular complexity index is 4560. The number of hydrogen-bond donors (Lipinski definition) is 5. The first kappa shape index (κ1) is 68.4. The smallest absolute Gasteiger partial charge is 0.384 e. The number of thiophene rings is 2. The first-order valence-electron chi connectivity index (χ1n) is 30.1. The molecule has 29 heteroatoms. The van der Waals surface area contributed by atoms with Crippen LogP contribution in [0.1, 0.15) is 98.8 Å². The van der Waals surface area contributed by atoms with Gasteiger partial charge in [0.15, 0.2) is 0 Å². The van der Waals surface area contributed by atoms with E-state index >= 15 is 0 Å². The number of rotatable bonds is 17. The highest BCUT2D eigenvalue weighted by molar-refractivity contribution is 7.19. The molecule has 2 saturated heterocycles. The molecule has 21 nitrogen and oxygen atoms in total. The van der Waals surface area contributed by atoms with E-state index < -0.39 is 46.2 Å². The number of carbonyl (C=O) groups excluding carboxylic acids is 1. The maximum atomic E-state index is 12.9. The molecule has 2 fully saturated rings. The molecule has 10 aromatic rings. The number of benzene rings is 4. The van der Waals surface area contributed by atoms with Crippen molar-refractivity contribution in [2.24, 2.45) is 0 Å². The van der Waals surface area contributed by atoms with E-state index in [2.05, 4.69) is 52.9 Å². The lowest BCUT2D eigenvalue weighted by molar-refractivity contribution is -0.385. The number of nitrogens with zero attached hydrogens (tertiary/aromatic N) is 11. The number of aryl methyl sites for hydroxylation is 2. The van der Waals surface area contributed by atoms with Crippen LogP contribution in [0.25, 0.3) is 42.2 Å². The number of nitrogens with one attached hydrogen (secondary N) is 3. The monoisotopic (exact) mass is 1340 g/mol. The van der Waals surface area contributed by atoms with Crippen LogP contribution in [0.2, 0.25) is 0 Å². The van der Waals surface area contributed by atoms with Gasteiger partial charge in [0.25, 0.3) is 11.4 Å². The number of hydrogen-bond acceptors (Lipinski definition) is 19. The SMILES string of the molecule is Cc1c(C=O)ccc2c1cc(C#N)n2CC(C)(O)c1ccc([N+](=O)[O-])cc1.Cc1c(CN2CCC(Nc3ncnc4sc(CC(F)(F)F)cc34)CC2)ccc2c1cc(C#N)n2CC(C)(O)c1ccc([N+](=O)[O-])cc1.FC(F)(F)Cc1cc2c(NC3CCNCC3)ncnc2s1. The summed E-state index contributed by atoms with van der Waals surface area (Å²) in [6.45, 7) is 11.4. The van der Waals surface area contributed by atoms with E-state index in [0.717, 1.165) is 119 Å². The van der Waals surface area contributed by atoms with Crippen LogP contribution in [0.5, 0.6) is 0 Å². The quantitative estimate of drug-likeness (QED) is 0.0245. The van der Waals surface area contributed by atoms with Crippen LogP contribution in [0.3, 0.4) is 0 Å². The van der Waals surface area contributed by atoms with Crippen molar-refractivity contribution < 1.29 is 51.2 Å². The molecule has 0 amide bonds. The van der Waals surface area contributed by atoms with E-state index in [1.807, 2.05) is 32.0 Å². The van der Waals surface area contributed by atoms with Gasteiger partial charge in [0.05, 0.1) is 46.6 Å². The zero-order valence-electron chi connectivity index (χ0n) is 51.8. The Morgan fingerprint density at radius 3 is 1.48 bits per heavy atom. The van der Waals surface area contributed by atoms with Gasteiger partial charge in [0.1, 0.15) is 75.0 Å². The number of anilines is 2. The summed E-state index contributed by atoms with van der Waals surface area (Å²) >= 11 is 2.12. The zero-order chi connectivity index (χ0) is 68.1. The highest BCUT2D eigenvalue weighted by Crippen LogP contribution is 2.38. The fourth-order valence-electron chi connectivity index (χ4n) is 12.0. The number of likely N-dealkylation sites (tertiary alicyclic amines) is 1. The van der Waals surface area contributed by atoms with Crippen LogP contribution >= 0.6 is 22.7 Å². The number of nitriles is 2. The molecule has 0 aliphatic carbocycles. The number of halogens is 6. The van der Waals surface area contributed by atoms with Crippen LogP contribution in [0, 0.1) is 56.7 Å². The van der Waals surface area contributed by atoms with Gasteiger partial charge >= 0.3 is 12.4 Å². The van der Waals surface area contributed by atoms with Crippen molar-refractivity contribution in [2.45, 2.75) is 121 Å². The maximum absolute atomic E-state index is 12.9. The molecule has 0 radical (unpaired) electrons. The number of aldehydes is 1. The number of nitro groups is 2. The third-order valence-corrected chi connectivity index (χ3v) is 19.1. The second kappa shape index (κ2) is 28.2. The van der Waals surface area contributed by atoms with Crippen molar-refractivity contribution in [2.75, 3.05) is 36.8 Å². The summed E-state index contributed by atoms with van der Waals surface area (Å²) in [6.07, 6.45) is -3.20. The normalized spacial score (nSPS) is 15.4. The Labute approximate surface area is 547 Å². The third-order valence-electron chi connectivity index (χ3n) is 17.1. The summed E-state index contributed by atoms with van der Waals surface area (Å²) in [4.78, 5) is 52.8. The number of carbonyl (C=O) groups is 1. The molecule has 2 aliphatic heterocycles. The van der Waals surface area contributed by atoms with Gasteiger partial charge in [0, 0.05) is 93.1 Å². The molecule has 0 bridgehead atoms. The summed E-state index contributed by atoms with van der Waals surface area (Å²) in [5.41, 5.74) is 3.94. The molecule has 4 aromatic carbocycles. The second-order valence-electron chi connectivity index (χ2n) is 24.0. The molecule has 6 aromatic heterocycles. The molecule has 2 aliphatic rings. The number of aromatic nitrogens is 6. The Morgan fingerprint density at radius 1 is 0.632 bits per heavy atom. The zero-order valence-corrected chi connectivity index (χ0v) is 53.4. The Hall–Kier alpha value is -9.49. The molecule has 2 unspecified atom stereocenters. The number of piperidine rings is 2. The highest BCUT2D eigenvalue weighted by Gasteiger charge is 2.33. The van der Waals surface area contributed by atoms with Gasteiger partial charge in [-0.3, -0.25) is 29.9 Å². The predicted molar refractivity (Wildman–Crippen MR) is 349 cm³/mol. The van der Waals surface area contributed by atoms with E-state index in [0.29, 0.717) is 72.7 Å². The Morgan fingerprint density at radius 2 is 1.06 bits per heavy atom. The largest absolute Gasteiger partial charge is 0.393 e. The summed E-state index contributed by atoms with van der Waals surface area (Å²) in [6, 6.07) is 30.3. The topological polar surface area (TPSA) is 292 Å². The number of aliphatic hydroxyl groups is 2. The lowest BCUT2D eigenvalue weighted by Crippen LogP contribution is -2.39. The van der Waals surface area contributed by atoms with E-state index in [4.69, 9.17) is 0 Å². The Kier molecular flexibility index (Phi) is 20.3. The van der Waals surface area contributed by atoms with E-state index in [1.165, 1.54) is 67.3 Å². The fourth-order valence-corrected chi connectivity index (χ4v) is 14.0. The summed E-state index contributed by atoms with van der Waals surface area (Å²) in [5.74, 6) is 1.20. The first-order valence-corrected chi connectivity index (χ1v) is 31.7. The van der Waals surface area contributed by atoms with Gasteiger partial charge in [-0.2, -0.15) is 36.9 Å². The van der Waals surface area contributed by atoms with E-state index in [1.54, 1.807) is 47.2 Å². The molecule has 8 heterocycles. The number of alkyl halides is 6. The van der Waals surface area contributed by atoms with Crippen molar-refractivity contribution in [3.05, 3.63) is 184 Å². The average Bonchev–Trinajstić information content (AvgIpc) is 1.65. The minimum Gasteiger partial charge on any atom is -0.384 e. The molecule has 95 heavy (non-hydrogen) atoms. The lowest BCUT2D eigenvalue weighted by atomic mass is 9.95. The van der Waals surface area contributed by atoms with Gasteiger partial charge in [-0.1, -0.05) is 6.07 Å². The molecule has 2 atom stereocenters. The fraction of sp³-hybridized carbons (Fsp3) is 0.348. The standard InChI is InChI=1S/C33H32F3N7O3S.C20H17N3O4.C13H15F3N4S/c1-20-21(3-8-29-27(20)13-25(16-37)42(29)18-32(2,44)22-4-6-24(7-5-22)43(45)46)17-41-11-9-23(10-12-41)40-30-28-14-26(15-33(34,35)36)47-31(28)39-19-38-30;1-13-14(11-24)3-8-19-18(13)9-17(10-21)22(19)12-20(2,25)15-4-6-16(7-5-15)23(26)27;14-13(15,16)6-9-5-10-11(18-7-19-12(10)21-9)20-8-1-3-17-4-2-8/h3-8,13-14,19,23,44H,9-12,15,17-18H2,1-2H3,(H,38,39,40);3-9,11,25H,12H2,1-2H3;5,7-8,17H,1-4,6H2,(H,18,19,20). The first-order chi connectivity index (χ1) is 45.1. The van der Waals surface area contributed by atoms with Gasteiger partial charge in [0.2, 0.25) is 0 Å². The van der Waals surface area contributed by atoms with E-state index in [9.17, 15) is 72.1 Å². The average molecular weight is 1340 g/mol. The number of non-ortho nitro benzene ring substituents is 2. The molecule has 12 rings (SSSR count). The number of fused-ring (bicyclic) bond motifs is 4. The molecule has 494 valence electrons. The van der Waals surface area contributed by atoms with Crippen molar-refractivity contribution >= 4 is 94.2 Å². The van der Waals surface area contributed by atoms with Crippen LogP contribution in [0.4, 0.5) is 49.4 Å². The number of nitro benzene ring substituents is 2. The van der Waals surface area contributed by atoms with Gasteiger partial charge in [-0.05, 0) is 161 Å². The maximum Gasteiger partial charge on any atom is 0.393 e. The molecule has 0 spiro atoms. The molecular formula is C66H64F6N14O7S2. The highest BCUT2D eigenvalue weighted by atomic mass is 32.1. The van der Waals surface area contributed by atoms with Crippen molar-refractivity contribution in [1.29, 1.82) is 10.5 Å². The predicted octanol–water partition coefficient (Wildman–Crippen LogP) is 13.2. The van der Waals surface area contributed by atoms with Crippen LogP contribution < -0.4 is 16.0 Å². The second-order valence-corrected chi connectivity index (χ2v) is 26.2. The van der Waals surface area contributed by atoms with Crippen molar-refractivity contribution in [1.82, 2.24) is 39.3 Å². The Balaban J connectivity index is 0.000000172. The van der Waals surface area contributed by atoms with Gasteiger partial charge in [-0.25, -0.2) is 19.9 Å². The molecule has 0 saturated carbocycles. The summed E-state index contributed by atoms with van der Waals surface area (Å²) in [5, 5.41) is 76.7. The van der Waals surface area contributed by atoms with Crippen LogP contribution in [-0.2, 0) is 43.7 Å². The molecule has 5 N–H and O–H groups in total. The van der Waals surface area contributed by atoms with Crippen LogP contribution in [0.15, 0.2) is 110 Å². The minimum absolute atomic E-state index is 0.0595. The van der Waals surface area contributed by atoms with Crippen molar-refractivity contribution in [3.8, 4) is 12.1 Å². The summed E-state index contributed by atoms with van der Waals surface area (Å²) < 4.78 is 79.7. The van der Waals surface area contributed by atoms with Crippen molar-refractivity contribution in [3.63, 3.8) is 0 Å². The lowest BCUT2D eigenvalue weighted by Gasteiger charge is -2.33. The third kappa shape index (κ3) is 16.2. The van der Waals surface area contributed by atoms with Gasteiger partial charge < -0.3 is 35.3 Å². The minimum atomic E-state index is -4.28. The molecular weight excluding hydrogens is 1280 g/mol. The summed E-state index contributed by atoms with van der Waals surface area (Å²) in [7, 11) is 0.